The SMILES string of the molecule is C=CC(F)(F)C(F)C(F)(F)C(F)(F)CCOc1ccc2cc(-c3ccccc3)c(=O)oc2c1. The quantitative estimate of drug-likeness (QED) is 0.198. The minimum atomic E-state index is -5.67. The Morgan fingerprint density at radius 1 is 1.00 bits per heavy atom. The van der Waals surface area contributed by atoms with Crippen molar-refractivity contribution in [3.05, 3.63) is 77.7 Å². The number of hydrogen-bond acceptors (Lipinski definition) is 3. The van der Waals surface area contributed by atoms with E-state index in [1.165, 1.54) is 18.2 Å². The summed E-state index contributed by atoms with van der Waals surface area (Å²) >= 11 is 0. The van der Waals surface area contributed by atoms with Gasteiger partial charge in [0.25, 0.3) is 0 Å². The maximum Gasteiger partial charge on any atom is 0.347 e. The Kier molecular flexibility index (Phi) is 6.58. The van der Waals surface area contributed by atoms with Crippen molar-refractivity contribution in [1.29, 1.82) is 0 Å². The zero-order valence-corrected chi connectivity index (χ0v) is 16.8. The fourth-order valence-electron chi connectivity index (χ4n) is 2.99. The van der Waals surface area contributed by atoms with Crippen LogP contribution < -0.4 is 10.4 Å². The summed E-state index contributed by atoms with van der Waals surface area (Å²) in [5.74, 6) is -15.8. The molecule has 1 atom stereocenters. The number of allylic oxidation sites excluding steroid dienone is 1. The molecule has 0 bridgehead atoms. The summed E-state index contributed by atoms with van der Waals surface area (Å²) in [7, 11) is 0. The number of alkyl halides is 7. The summed E-state index contributed by atoms with van der Waals surface area (Å²) in [6.45, 7) is 1.43. The summed E-state index contributed by atoms with van der Waals surface area (Å²) in [6.07, 6.45) is -6.67. The number of fused-ring (bicyclic) bond motifs is 1. The van der Waals surface area contributed by atoms with Crippen LogP contribution in [0.15, 0.2) is 76.5 Å². The number of halogens is 7. The van der Waals surface area contributed by atoms with Crippen molar-refractivity contribution < 1.29 is 39.9 Å². The van der Waals surface area contributed by atoms with Crippen LogP contribution in [0.2, 0.25) is 0 Å². The molecular formula is C23H17F7O3. The number of hydrogen-bond donors (Lipinski definition) is 0. The van der Waals surface area contributed by atoms with Gasteiger partial charge in [-0.1, -0.05) is 36.9 Å². The molecule has 176 valence electrons. The zero-order chi connectivity index (χ0) is 24.4. The predicted octanol–water partition coefficient (Wildman–Crippen LogP) is 6.66. The second-order valence-corrected chi connectivity index (χ2v) is 7.18. The smallest absolute Gasteiger partial charge is 0.347 e. The van der Waals surface area contributed by atoms with E-state index in [1.54, 1.807) is 36.4 Å². The second-order valence-electron chi connectivity index (χ2n) is 7.18. The van der Waals surface area contributed by atoms with Gasteiger partial charge in [0.2, 0.25) is 6.17 Å². The Balaban J connectivity index is 1.74. The van der Waals surface area contributed by atoms with Crippen LogP contribution in [0.25, 0.3) is 22.1 Å². The van der Waals surface area contributed by atoms with Gasteiger partial charge in [-0.05, 0) is 29.8 Å². The van der Waals surface area contributed by atoms with Gasteiger partial charge >= 0.3 is 23.4 Å². The molecule has 33 heavy (non-hydrogen) atoms. The lowest BCUT2D eigenvalue weighted by atomic mass is 9.99. The van der Waals surface area contributed by atoms with E-state index < -0.39 is 48.7 Å². The lowest BCUT2D eigenvalue weighted by Gasteiger charge is -2.31. The summed E-state index contributed by atoms with van der Waals surface area (Å²) < 4.78 is 105. The summed E-state index contributed by atoms with van der Waals surface area (Å²) in [6, 6.07) is 14.2. The van der Waals surface area contributed by atoms with E-state index in [9.17, 15) is 35.5 Å². The molecule has 3 nitrogen and oxygen atoms in total. The largest absolute Gasteiger partial charge is 0.493 e. The average Bonchev–Trinajstić information content (AvgIpc) is 2.78. The average molecular weight is 474 g/mol. The van der Waals surface area contributed by atoms with Crippen molar-refractivity contribution >= 4 is 11.0 Å². The fourth-order valence-corrected chi connectivity index (χ4v) is 2.99. The predicted molar refractivity (Wildman–Crippen MR) is 108 cm³/mol. The zero-order valence-electron chi connectivity index (χ0n) is 16.8. The Labute approximate surface area is 183 Å². The molecule has 0 saturated heterocycles. The van der Waals surface area contributed by atoms with Crippen LogP contribution >= 0.6 is 0 Å². The van der Waals surface area contributed by atoms with Crippen LogP contribution in [0.4, 0.5) is 30.7 Å². The highest BCUT2D eigenvalue weighted by Crippen LogP contribution is 2.46. The van der Waals surface area contributed by atoms with Crippen LogP contribution in [0.3, 0.4) is 0 Å². The molecule has 0 fully saturated rings. The minimum Gasteiger partial charge on any atom is -0.493 e. The topological polar surface area (TPSA) is 39.4 Å². The van der Waals surface area contributed by atoms with Crippen molar-refractivity contribution in [3.63, 3.8) is 0 Å². The van der Waals surface area contributed by atoms with Crippen LogP contribution in [0.5, 0.6) is 5.75 Å². The van der Waals surface area contributed by atoms with Gasteiger partial charge in [0.05, 0.1) is 18.6 Å². The molecule has 0 amide bonds. The van der Waals surface area contributed by atoms with Gasteiger partial charge in [0.15, 0.2) is 0 Å². The van der Waals surface area contributed by atoms with E-state index >= 15 is 0 Å². The van der Waals surface area contributed by atoms with E-state index in [2.05, 4.69) is 6.58 Å². The number of benzene rings is 2. The van der Waals surface area contributed by atoms with Crippen molar-refractivity contribution in [3.8, 4) is 16.9 Å². The van der Waals surface area contributed by atoms with E-state index in [-0.39, 0.29) is 16.9 Å². The van der Waals surface area contributed by atoms with Gasteiger partial charge < -0.3 is 9.15 Å². The first-order chi connectivity index (χ1) is 15.4. The highest BCUT2D eigenvalue weighted by molar-refractivity contribution is 5.82. The fraction of sp³-hybridized carbons (Fsp3) is 0.261. The molecule has 10 heteroatoms. The van der Waals surface area contributed by atoms with Crippen LogP contribution in [0, 0.1) is 0 Å². The van der Waals surface area contributed by atoms with E-state index in [1.807, 2.05) is 0 Å². The summed E-state index contributed by atoms with van der Waals surface area (Å²) in [4.78, 5) is 12.3. The van der Waals surface area contributed by atoms with Crippen molar-refractivity contribution in [1.82, 2.24) is 0 Å². The summed E-state index contributed by atoms with van der Waals surface area (Å²) in [5, 5.41) is 0.476. The maximum atomic E-state index is 13.8. The van der Waals surface area contributed by atoms with Crippen LogP contribution in [-0.2, 0) is 0 Å². The molecule has 0 N–H and O–H groups in total. The first-order valence-electron chi connectivity index (χ1n) is 9.56. The van der Waals surface area contributed by atoms with E-state index in [0.717, 1.165) is 0 Å². The standard InChI is InChI=1S/C23H17F7O3/c1-2-21(25,26)20(24)23(29,30)22(27,28)10-11-32-16-9-8-15-12-17(14-6-4-3-5-7-14)19(31)33-18(15)13-16/h2-9,12-13,20H,1,10-11H2. The molecule has 0 radical (unpaired) electrons. The lowest BCUT2D eigenvalue weighted by Crippen LogP contribution is -2.54. The Morgan fingerprint density at radius 3 is 2.30 bits per heavy atom. The molecule has 1 aromatic heterocycles. The second kappa shape index (κ2) is 8.92. The number of ether oxygens (including phenoxy) is 1. The Morgan fingerprint density at radius 2 is 1.67 bits per heavy atom. The van der Waals surface area contributed by atoms with Gasteiger partial charge in [-0.25, -0.2) is 9.18 Å². The highest BCUT2D eigenvalue weighted by Gasteiger charge is 2.67. The molecule has 3 rings (SSSR count). The third kappa shape index (κ3) is 4.89. The van der Waals surface area contributed by atoms with Gasteiger partial charge in [-0.2, -0.15) is 26.3 Å². The van der Waals surface area contributed by atoms with Crippen molar-refractivity contribution in [2.45, 2.75) is 30.4 Å². The molecule has 1 unspecified atom stereocenters. The van der Waals surface area contributed by atoms with Crippen LogP contribution in [-0.4, -0.2) is 30.5 Å². The molecule has 3 aromatic rings. The molecule has 0 aliphatic rings. The van der Waals surface area contributed by atoms with Gasteiger partial charge in [0, 0.05) is 11.5 Å². The molecule has 0 aliphatic carbocycles. The van der Waals surface area contributed by atoms with Gasteiger partial charge in [-0.3, -0.25) is 0 Å². The highest BCUT2D eigenvalue weighted by atomic mass is 19.3. The van der Waals surface area contributed by atoms with Crippen molar-refractivity contribution in [2.24, 2.45) is 0 Å². The monoisotopic (exact) mass is 474 g/mol. The third-order valence-electron chi connectivity index (χ3n) is 4.89. The third-order valence-corrected chi connectivity index (χ3v) is 4.89. The normalized spacial score (nSPS) is 13.7. The first-order valence-corrected chi connectivity index (χ1v) is 9.56. The Bertz CT molecular complexity index is 1190. The summed E-state index contributed by atoms with van der Waals surface area (Å²) in [5.41, 5.74) is 0.276. The number of rotatable bonds is 9. The van der Waals surface area contributed by atoms with E-state index in [0.29, 0.717) is 10.9 Å². The maximum absolute atomic E-state index is 13.8. The molecule has 0 aliphatic heterocycles. The molecule has 2 aromatic carbocycles. The van der Waals surface area contributed by atoms with Crippen molar-refractivity contribution in [2.75, 3.05) is 6.61 Å². The molecule has 0 spiro atoms. The molecule has 0 saturated carbocycles. The van der Waals surface area contributed by atoms with Gasteiger partial charge in [-0.15, -0.1) is 0 Å². The minimum absolute atomic E-state index is 0.0451. The first kappa shape index (κ1) is 24.3. The molecule has 1 heterocycles. The lowest BCUT2D eigenvalue weighted by molar-refractivity contribution is -0.272. The molecular weight excluding hydrogens is 457 g/mol. The van der Waals surface area contributed by atoms with Crippen LogP contribution in [0.1, 0.15) is 6.42 Å². The van der Waals surface area contributed by atoms with E-state index in [4.69, 9.17) is 9.15 Å². The Hall–Kier alpha value is -3.30. The van der Waals surface area contributed by atoms with Gasteiger partial charge in [0.1, 0.15) is 11.3 Å².